The monoisotopic (exact) mass is 372 g/mol. The van der Waals surface area contributed by atoms with Gasteiger partial charge in [0.15, 0.2) is 0 Å². The van der Waals surface area contributed by atoms with E-state index in [0.717, 1.165) is 12.2 Å². The first-order valence-corrected chi connectivity index (χ1v) is 9.95. The zero-order valence-electron chi connectivity index (χ0n) is 12.3. The lowest BCUT2D eigenvalue weighted by molar-refractivity contribution is -0.143. The molecule has 0 spiro atoms. The Morgan fingerprint density at radius 3 is 1.78 bits per heavy atom. The van der Waals surface area contributed by atoms with Crippen LogP contribution in [0.4, 0.5) is 0 Å². The van der Waals surface area contributed by atoms with Crippen LogP contribution in [0.1, 0.15) is 12.8 Å². The van der Waals surface area contributed by atoms with Crippen molar-refractivity contribution < 1.29 is 38.6 Å². The van der Waals surface area contributed by atoms with E-state index < -0.39 is 27.2 Å². The number of carboxylic acid groups (broad SMARTS) is 1. The average Bonchev–Trinajstić information content (AvgIpc) is 2.35. The SMILES string of the molecule is NCCC[C@@H](C(=O)O)N(CC=CP(=O)(O)O)CC=CP(=O)(O)O. The molecule has 0 bridgehead atoms. The van der Waals surface area contributed by atoms with Crippen LogP contribution in [0, 0.1) is 0 Å². The van der Waals surface area contributed by atoms with Crippen LogP contribution < -0.4 is 5.73 Å². The zero-order valence-corrected chi connectivity index (χ0v) is 14.1. The van der Waals surface area contributed by atoms with E-state index in [0.29, 0.717) is 18.1 Å². The molecule has 0 amide bonds. The van der Waals surface area contributed by atoms with Crippen molar-refractivity contribution in [1.29, 1.82) is 0 Å². The molecule has 0 aliphatic heterocycles. The second kappa shape index (κ2) is 10.1. The molecular weight excluding hydrogens is 350 g/mol. The van der Waals surface area contributed by atoms with E-state index in [9.17, 15) is 19.0 Å². The molecule has 10 nitrogen and oxygen atoms in total. The topological polar surface area (TPSA) is 182 Å². The van der Waals surface area contributed by atoms with E-state index in [1.807, 2.05) is 0 Å². The predicted octanol–water partition coefficient (Wildman–Crippen LogP) is -0.137. The van der Waals surface area contributed by atoms with Crippen molar-refractivity contribution in [2.24, 2.45) is 5.73 Å². The lowest BCUT2D eigenvalue weighted by Crippen LogP contribution is -2.41. The minimum Gasteiger partial charge on any atom is -0.480 e. The molecule has 23 heavy (non-hydrogen) atoms. The Balaban J connectivity index is 5.12. The Kier molecular flexibility index (Phi) is 9.76. The standard InChI is InChI=1S/C11H22N2O8P2/c12-5-1-4-10(11(14)15)13(6-2-8-22(16,17)18)7-3-9-23(19,20)21/h2-3,8-10H,1,4-7,12H2,(H,14,15)(H2,16,17,18)(H2,19,20,21)/t10-/m0/s1. The second-order valence-corrected chi connectivity index (χ2v) is 7.64. The average molecular weight is 372 g/mol. The quantitative estimate of drug-likeness (QED) is 0.267. The van der Waals surface area contributed by atoms with Crippen LogP contribution >= 0.6 is 15.2 Å². The number of nitrogens with zero attached hydrogens (tertiary/aromatic N) is 1. The summed E-state index contributed by atoms with van der Waals surface area (Å²) in [5.41, 5.74) is 5.35. The Morgan fingerprint density at radius 1 is 1.04 bits per heavy atom. The summed E-state index contributed by atoms with van der Waals surface area (Å²) < 4.78 is 21.5. The maximum absolute atomic E-state index is 11.3. The maximum Gasteiger partial charge on any atom is 0.348 e. The second-order valence-electron chi connectivity index (χ2n) is 4.69. The third-order valence-corrected chi connectivity index (χ3v) is 3.88. The van der Waals surface area contributed by atoms with E-state index in [1.165, 1.54) is 4.90 Å². The summed E-state index contributed by atoms with van der Waals surface area (Å²) in [5.74, 6) is 0.135. The van der Waals surface area contributed by atoms with Gasteiger partial charge in [-0.25, -0.2) is 0 Å². The molecule has 0 aliphatic carbocycles. The summed E-state index contributed by atoms with van der Waals surface area (Å²) in [4.78, 5) is 47.7. The molecule has 12 heteroatoms. The molecule has 0 heterocycles. The van der Waals surface area contributed by atoms with Crippen LogP contribution in [-0.4, -0.2) is 61.2 Å². The van der Waals surface area contributed by atoms with Gasteiger partial charge in [0.2, 0.25) is 0 Å². The van der Waals surface area contributed by atoms with Gasteiger partial charge in [0.25, 0.3) is 0 Å². The fourth-order valence-corrected chi connectivity index (χ4v) is 2.48. The van der Waals surface area contributed by atoms with Crippen LogP contribution in [-0.2, 0) is 13.9 Å². The van der Waals surface area contributed by atoms with Gasteiger partial charge in [0.05, 0.1) is 0 Å². The first-order chi connectivity index (χ1) is 10.5. The first kappa shape index (κ1) is 22.2. The van der Waals surface area contributed by atoms with Crippen molar-refractivity contribution in [3.8, 4) is 0 Å². The number of hydrogen-bond acceptors (Lipinski definition) is 5. The van der Waals surface area contributed by atoms with E-state index in [-0.39, 0.29) is 26.1 Å². The molecule has 0 fully saturated rings. The minimum atomic E-state index is -4.37. The van der Waals surface area contributed by atoms with Gasteiger partial charge in [-0.05, 0) is 19.4 Å². The van der Waals surface area contributed by atoms with Crippen LogP contribution in [0.15, 0.2) is 23.8 Å². The summed E-state index contributed by atoms with van der Waals surface area (Å²) in [5, 5.41) is 9.25. The van der Waals surface area contributed by atoms with Gasteiger partial charge in [-0.2, -0.15) is 0 Å². The normalized spacial score (nSPS) is 14.9. The van der Waals surface area contributed by atoms with E-state index in [1.54, 1.807) is 0 Å². The molecule has 0 aromatic carbocycles. The summed E-state index contributed by atoms with van der Waals surface area (Å²) in [6.07, 6.45) is 2.84. The number of nitrogens with two attached hydrogens (primary N) is 1. The first-order valence-electron chi connectivity index (χ1n) is 6.59. The van der Waals surface area contributed by atoms with Gasteiger partial charge in [-0.3, -0.25) is 18.8 Å². The molecule has 134 valence electrons. The van der Waals surface area contributed by atoms with Crippen LogP contribution in [0.3, 0.4) is 0 Å². The highest BCUT2D eigenvalue weighted by Crippen LogP contribution is 2.36. The van der Waals surface area contributed by atoms with Gasteiger partial charge < -0.3 is 30.4 Å². The van der Waals surface area contributed by atoms with Gasteiger partial charge in [-0.15, -0.1) is 0 Å². The van der Waals surface area contributed by atoms with Crippen molar-refractivity contribution in [1.82, 2.24) is 4.90 Å². The summed E-state index contributed by atoms with van der Waals surface area (Å²) in [6.45, 7) is 0.0462. The lowest BCUT2D eigenvalue weighted by Gasteiger charge is -2.26. The lowest BCUT2D eigenvalue weighted by atomic mass is 10.1. The van der Waals surface area contributed by atoms with Crippen molar-refractivity contribution in [3.63, 3.8) is 0 Å². The Hall–Kier alpha value is -0.830. The minimum absolute atomic E-state index is 0.113. The van der Waals surface area contributed by atoms with Gasteiger partial charge in [0.1, 0.15) is 6.04 Å². The summed E-state index contributed by atoms with van der Waals surface area (Å²) in [7, 11) is -8.73. The highest BCUT2D eigenvalue weighted by molar-refractivity contribution is 7.55. The molecule has 0 aromatic heterocycles. The summed E-state index contributed by atoms with van der Waals surface area (Å²) >= 11 is 0. The summed E-state index contributed by atoms with van der Waals surface area (Å²) in [6, 6.07) is -0.999. The van der Waals surface area contributed by atoms with E-state index in [2.05, 4.69) is 0 Å². The predicted molar refractivity (Wildman–Crippen MR) is 83.7 cm³/mol. The highest BCUT2D eigenvalue weighted by atomic mass is 31.2. The van der Waals surface area contributed by atoms with E-state index in [4.69, 9.17) is 25.3 Å². The molecule has 0 radical (unpaired) electrons. The maximum atomic E-state index is 11.3. The van der Waals surface area contributed by atoms with Gasteiger partial charge >= 0.3 is 21.2 Å². The third kappa shape index (κ3) is 12.3. The van der Waals surface area contributed by atoms with Crippen molar-refractivity contribution >= 4 is 21.2 Å². The molecule has 0 aromatic rings. The van der Waals surface area contributed by atoms with Gasteiger partial charge in [-0.1, -0.05) is 12.2 Å². The van der Waals surface area contributed by atoms with Crippen molar-refractivity contribution in [2.75, 3.05) is 19.6 Å². The Morgan fingerprint density at radius 2 is 1.48 bits per heavy atom. The number of carboxylic acids is 1. The number of carbonyl (C=O) groups is 1. The molecule has 0 saturated heterocycles. The Labute approximate surface area is 133 Å². The number of rotatable bonds is 11. The van der Waals surface area contributed by atoms with Crippen LogP contribution in [0.2, 0.25) is 0 Å². The smallest absolute Gasteiger partial charge is 0.348 e. The molecular formula is C11H22N2O8P2. The van der Waals surface area contributed by atoms with E-state index >= 15 is 0 Å². The Bertz CT molecular complexity index is 490. The van der Waals surface area contributed by atoms with Gasteiger partial charge in [0, 0.05) is 24.7 Å². The number of aliphatic carboxylic acids is 1. The van der Waals surface area contributed by atoms with Crippen LogP contribution in [0.5, 0.6) is 0 Å². The highest BCUT2D eigenvalue weighted by Gasteiger charge is 2.24. The van der Waals surface area contributed by atoms with Crippen LogP contribution in [0.25, 0.3) is 0 Å². The molecule has 1 atom stereocenters. The van der Waals surface area contributed by atoms with Crippen molar-refractivity contribution in [2.45, 2.75) is 18.9 Å². The molecule has 0 rings (SSSR count). The molecule has 7 N–H and O–H groups in total. The fraction of sp³-hybridized carbons (Fsp3) is 0.545. The fourth-order valence-electron chi connectivity index (χ4n) is 1.74. The third-order valence-electron chi connectivity index (χ3n) is 2.69. The van der Waals surface area contributed by atoms with Crippen molar-refractivity contribution in [3.05, 3.63) is 23.8 Å². The zero-order chi connectivity index (χ0) is 18.1. The molecule has 0 unspecified atom stereocenters. The number of hydrogen-bond donors (Lipinski definition) is 6. The molecule has 0 saturated carbocycles. The largest absolute Gasteiger partial charge is 0.480 e. The molecule has 0 aliphatic rings.